The molecule has 0 bridgehead atoms. The molecule has 4 nitrogen and oxygen atoms in total. The summed E-state index contributed by atoms with van der Waals surface area (Å²) in [6.45, 7) is 2.04. The van der Waals surface area contributed by atoms with Gasteiger partial charge in [0.2, 0.25) is 5.91 Å². The van der Waals surface area contributed by atoms with E-state index in [0.717, 1.165) is 30.5 Å². The molecule has 1 heterocycles. The summed E-state index contributed by atoms with van der Waals surface area (Å²) < 4.78 is 44.2. The van der Waals surface area contributed by atoms with Gasteiger partial charge in [-0.1, -0.05) is 31.5 Å². The number of carbonyl (C=O) groups excluding carboxylic acids is 1. The lowest BCUT2D eigenvalue weighted by Gasteiger charge is -2.19. The molecule has 3 rings (SSSR count). The SMILES string of the molecule is CCCC(Oc1ccc(C(N)=O)cc1)c1ccc(-c2ccc(C(F)(F)F)cc2)nc1. The maximum atomic E-state index is 12.7. The molecular weight excluding hydrogens is 393 g/mol. The van der Waals surface area contributed by atoms with Crippen LogP contribution in [0.3, 0.4) is 0 Å². The molecule has 1 aromatic heterocycles. The minimum Gasteiger partial charge on any atom is -0.486 e. The maximum Gasteiger partial charge on any atom is 0.416 e. The van der Waals surface area contributed by atoms with Crippen molar-refractivity contribution in [3.05, 3.63) is 83.6 Å². The first-order chi connectivity index (χ1) is 14.3. The molecule has 0 fully saturated rings. The van der Waals surface area contributed by atoms with Crippen LogP contribution in [0.5, 0.6) is 5.75 Å². The lowest BCUT2D eigenvalue weighted by Crippen LogP contribution is -2.11. The number of primary amides is 1. The number of ether oxygens (including phenoxy) is 1. The van der Waals surface area contributed by atoms with Crippen molar-refractivity contribution in [1.29, 1.82) is 0 Å². The van der Waals surface area contributed by atoms with E-state index >= 15 is 0 Å². The molecule has 2 N–H and O–H groups in total. The van der Waals surface area contributed by atoms with Gasteiger partial charge in [0.05, 0.1) is 11.3 Å². The van der Waals surface area contributed by atoms with Crippen LogP contribution >= 0.6 is 0 Å². The molecule has 1 atom stereocenters. The fourth-order valence-electron chi connectivity index (χ4n) is 3.01. The number of alkyl halides is 3. The number of benzene rings is 2. The fraction of sp³-hybridized carbons (Fsp3) is 0.217. The third-order valence-electron chi connectivity index (χ3n) is 4.63. The second kappa shape index (κ2) is 8.98. The van der Waals surface area contributed by atoms with Gasteiger partial charge in [-0.15, -0.1) is 0 Å². The summed E-state index contributed by atoms with van der Waals surface area (Å²) in [6, 6.07) is 15.1. The second-order valence-electron chi connectivity index (χ2n) is 6.84. The molecule has 0 aliphatic heterocycles. The van der Waals surface area contributed by atoms with E-state index in [1.54, 1.807) is 36.5 Å². The minimum atomic E-state index is -4.36. The minimum absolute atomic E-state index is 0.247. The van der Waals surface area contributed by atoms with Crippen LogP contribution in [-0.4, -0.2) is 10.9 Å². The van der Waals surface area contributed by atoms with E-state index in [4.69, 9.17) is 10.5 Å². The summed E-state index contributed by atoms with van der Waals surface area (Å²) in [5, 5.41) is 0. The number of hydrogen-bond donors (Lipinski definition) is 1. The number of aromatic nitrogens is 1. The van der Waals surface area contributed by atoms with Crippen molar-refractivity contribution >= 4 is 5.91 Å². The van der Waals surface area contributed by atoms with Gasteiger partial charge in [0.15, 0.2) is 0 Å². The molecule has 156 valence electrons. The van der Waals surface area contributed by atoms with Crippen molar-refractivity contribution in [2.75, 3.05) is 0 Å². The first-order valence-electron chi connectivity index (χ1n) is 9.48. The third-order valence-corrected chi connectivity index (χ3v) is 4.63. The predicted molar refractivity (Wildman–Crippen MR) is 108 cm³/mol. The van der Waals surface area contributed by atoms with Crippen molar-refractivity contribution in [3.8, 4) is 17.0 Å². The van der Waals surface area contributed by atoms with Crippen molar-refractivity contribution in [3.63, 3.8) is 0 Å². The molecule has 7 heteroatoms. The Balaban J connectivity index is 1.77. The highest BCUT2D eigenvalue weighted by Crippen LogP contribution is 2.31. The summed E-state index contributed by atoms with van der Waals surface area (Å²) in [4.78, 5) is 15.6. The highest BCUT2D eigenvalue weighted by Gasteiger charge is 2.30. The molecule has 0 spiro atoms. The van der Waals surface area contributed by atoms with Gasteiger partial charge < -0.3 is 10.5 Å². The summed E-state index contributed by atoms with van der Waals surface area (Å²) >= 11 is 0. The average Bonchev–Trinajstić information content (AvgIpc) is 2.73. The van der Waals surface area contributed by atoms with Crippen LogP contribution in [0.4, 0.5) is 13.2 Å². The molecule has 0 aliphatic rings. The number of hydrogen-bond acceptors (Lipinski definition) is 3. The van der Waals surface area contributed by atoms with E-state index in [2.05, 4.69) is 4.98 Å². The first kappa shape index (κ1) is 21.4. The summed E-state index contributed by atoms with van der Waals surface area (Å²) in [6.07, 6.45) is -1.31. The molecule has 30 heavy (non-hydrogen) atoms. The first-order valence-corrected chi connectivity index (χ1v) is 9.48. The monoisotopic (exact) mass is 414 g/mol. The Labute approximate surface area is 172 Å². The standard InChI is InChI=1S/C23H21F3N2O2/c1-2-3-21(30-19-11-6-16(7-12-19)22(27)29)17-8-13-20(28-14-17)15-4-9-18(10-5-15)23(24,25)26/h4-14,21H,2-3H2,1H3,(H2,27,29). The zero-order chi connectivity index (χ0) is 21.7. The number of carbonyl (C=O) groups is 1. The lowest BCUT2D eigenvalue weighted by atomic mass is 10.0. The van der Waals surface area contributed by atoms with Gasteiger partial charge in [-0.3, -0.25) is 9.78 Å². The molecule has 0 saturated heterocycles. The van der Waals surface area contributed by atoms with Crippen molar-refractivity contribution in [2.45, 2.75) is 32.0 Å². The van der Waals surface area contributed by atoms with Gasteiger partial charge in [-0.25, -0.2) is 0 Å². The van der Waals surface area contributed by atoms with Gasteiger partial charge in [0, 0.05) is 22.9 Å². The molecule has 0 radical (unpaired) electrons. The lowest BCUT2D eigenvalue weighted by molar-refractivity contribution is -0.137. The smallest absolute Gasteiger partial charge is 0.416 e. The van der Waals surface area contributed by atoms with Crippen molar-refractivity contribution in [1.82, 2.24) is 4.98 Å². The normalized spacial score (nSPS) is 12.4. The highest BCUT2D eigenvalue weighted by atomic mass is 19.4. The maximum absolute atomic E-state index is 12.7. The molecule has 1 unspecified atom stereocenters. The quantitative estimate of drug-likeness (QED) is 0.532. The van der Waals surface area contributed by atoms with Crippen LogP contribution in [-0.2, 0) is 6.18 Å². The van der Waals surface area contributed by atoms with E-state index in [0.29, 0.717) is 22.6 Å². The molecule has 0 aliphatic carbocycles. The zero-order valence-electron chi connectivity index (χ0n) is 16.3. The van der Waals surface area contributed by atoms with Crippen LogP contribution in [0, 0.1) is 0 Å². The van der Waals surface area contributed by atoms with E-state index < -0.39 is 17.6 Å². The number of nitrogens with zero attached hydrogens (tertiary/aromatic N) is 1. The van der Waals surface area contributed by atoms with Crippen molar-refractivity contribution < 1.29 is 22.7 Å². The summed E-state index contributed by atoms with van der Waals surface area (Å²) in [7, 11) is 0. The Bertz CT molecular complexity index is 983. The number of nitrogens with two attached hydrogens (primary N) is 1. The van der Waals surface area contributed by atoms with Crippen LogP contribution in [0.1, 0.15) is 47.4 Å². The number of pyridine rings is 1. The Morgan fingerprint density at radius 1 is 1.03 bits per heavy atom. The van der Waals surface area contributed by atoms with Gasteiger partial charge in [-0.2, -0.15) is 13.2 Å². The van der Waals surface area contributed by atoms with E-state index in [-0.39, 0.29) is 6.10 Å². The van der Waals surface area contributed by atoms with Crippen LogP contribution in [0.25, 0.3) is 11.3 Å². The van der Waals surface area contributed by atoms with Crippen LogP contribution in [0.2, 0.25) is 0 Å². The second-order valence-corrected chi connectivity index (χ2v) is 6.84. The molecule has 3 aromatic rings. The van der Waals surface area contributed by atoms with Crippen LogP contribution < -0.4 is 10.5 Å². The average molecular weight is 414 g/mol. The van der Waals surface area contributed by atoms with Gasteiger partial charge in [-0.05, 0) is 48.9 Å². The Hall–Kier alpha value is -3.35. The molecule has 0 saturated carbocycles. The van der Waals surface area contributed by atoms with E-state index in [9.17, 15) is 18.0 Å². The predicted octanol–water partition coefficient (Wildman–Crippen LogP) is 5.79. The Morgan fingerprint density at radius 2 is 1.70 bits per heavy atom. The zero-order valence-corrected chi connectivity index (χ0v) is 16.3. The number of amides is 1. The molecule has 2 aromatic carbocycles. The Morgan fingerprint density at radius 3 is 2.20 bits per heavy atom. The number of halogens is 3. The highest BCUT2D eigenvalue weighted by molar-refractivity contribution is 5.92. The van der Waals surface area contributed by atoms with Crippen molar-refractivity contribution in [2.24, 2.45) is 5.73 Å². The number of rotatable bonds is 7. The van der Waals surface area contributed by atoms with Gasteiger partial charge in [0.25, 0.3) is 0 Å². The van der Waals surface area contributed by atoms with E-state index in [1.807, 2.05) is 13.0 Å². The Kier molecular flexibility index (Phi) is 6.40. The molecular formula is C23H21F3N2O2. The fourth-order valence-corrected chi connectivity index (χ4v) is 3.01. The third kappa shape index (κ3) is 5.17. The summed E-state index contributed by atoms with van der Waals surface area (Å²) in [5.41, 5.74) is 6.99. The van der Waals surface area contributed by atoms with Gasteiger partial charge in [0.1, 0.15) is 11.9 Å². The topological polar surface area (TPSA) is 65.2 Å². The summed E-state index contributed by atoms with van der Waals surface area (Å²) in [5.74, 6) is 0.0972. The van der Waals surface area contributed by atoms with Gasteiger partial charge >= 0.3 is 6.18 Å². The van der Waals surface area contributed by atoms with Crippen LogP contribution in [0.15, 0.2) is 66.9 Å². The largest absolute Gasteiger partial charge is 0.486 e. The van der Waals surface area contributed by atoms with E-state index in [1.165, 1.54) is 12.1 Å². The molecule has 1 amide bonds.